The lowest BCUT2D eigenvalue weighted by Gasteiger charge is -2.11. The number of unbranched alkanes of at least 4 members (excludes halogenated alkanes) is 1. The van der Waals surface area contributed by atoms with Gasteiger partial charge in [0, 0.05) is 17.8 Å². The van der Waals surface area contributed by atoms with E-state index in [1.165, 1.54) is 17.7 Å². The molecular weight excluding hydrogens is 200 g/mol. The third-order valence-electron chi connectivity index (χ3n) is 3.05. The summed E-state index contributed by atoms with van der Waals surface area (Å²) >= 11 is 0. The zero-order chi connectivity index (χ0) is 11.4. The van der Waals surface area contributed by atoms with E-state index in [-0.39, 0.29) is 0 Å². The molecule has 3 nitrogen and oxygen atoms in total. The fourth-order valence-electron chi connectivity index (χ4n) is 2.09. The number of nitrogens with zero attached hydrogens (tertiary/aromatic N) is 1. The highest BCUT2D eigenvalue weighted by Gasteiger charge is 2.16. The van der Waals surface area contributed by atoms with Crippen molar-refractivity contribution in [1.29, 1.82) is 0 Å². The molecule has 2 N–H and O–H groups in total. The highest BCUT2D eigenvalue weighted by Crippen LogP contribution is 2.26. The van der Waals surface area contributed by atoms with Crippen LogP contribution < -0.4 is 10.5 Å². The molecule has 0 amide bonds. The summed E-state index contributed by atoms with van der Waals surface area (Å²) in [5.74, 6) is 0.761. The van der Waals surface area contributed by atoms with Crippen molar-refractivity contribution < 1.29 is 4.74 Å². The summed E-state index contributed by atoms with van der Waals surface area (Å²) in [5, 5.41) is 0. The lowest BCUT2D eigenvalue weighted by molar-refractivity contribution is 0.294. The minimum Gasteiger partial charge on any atom is -0.477 e. The van der Waals surface area contributed by atoms with Crippen molar-refractivity contribution in [3.05, 3.63) is 22.9 Å². The third-order valence-corrected chi connectivity index (χ3v) is 3.05. The predicted octanol–water partition coefficient (Wildman–Crippen LogP) is 2.21. The van der Waals surface area contributed by atoms with Crippen molar-refractivity contribution >= 4 is 0 Å². The predicted molar refractivity (Wildman–Crippen MR) is 64.6 cm³/mol. The normalized spacial score (nSPS) is 13.9. The summed E-state index contributed by atoms with van der Waals surface area (Å²) in [6.45, 7) is 3.42. The van der Waals surface area contributed by atoms with Gasteiger partial charge in [-0.05, 0) is 37.3 Å². The van der Waals surface area contributed by atoms with Gasteiger partial charge in [-0.2, -0.15) is 0 Å². The number of pyridine rings is 1. The molecule has 0 aromatic carbocycles. The Morgan fingerprint density at radius 2 is 2.31 bits per heavy atom. The molecule has 16 heavy (non-hydrogen) atoms. The first kappa shape index (κ1) is 11.4. The molecule has 3 heteroatoms. The Bertz CT molecular complexity index is 363. The molecule has 0 saturated carbocycles. The van der Waals surface area contributed by atoms with Crippen LogP contribution in [0.5, 0.6) is 5.88 Å². The summed E-state index contributed by atoms with van der Waals surface area (Å²) in [5.41, 5.74) is 9.36. The first-order valence-corrected chi connectivity index (χ1v) is 6.19. The van der Waals surface area contributed by atoms with Gasteiger partial charge in [-0.3, -0.25) is 0 Å². The van der Waals surface area contributed by atoms with Gasteiger partial charge in [0.25, 0.3) is 0 Å². The van der Waals surface area contributed by atoms with E-state index in [1.807, 2.05) is 0 Å². The maximum Gasteiger partial charge on any atom is 0.218 e. The molecule has 0 atom stereocenters. The van der Waals surface area contributed by atoms with Gasteiger partial charge < -0.3 is 10.5 Å². The number of nitrogens with two attached hydrogens (primary N) is 1. The van der Waals surface area contributed by atoms with E-state index >= 15 is 0 Å². The first-order valence-electron chi connectivity index (χ1n) is 6.19. The molecule has 1 aliphatic rings. The molecule has 1 heterocycles. The Morgan fingerprint density at radius 3 is 3.06 bits per heavy atom. The number of aryl methyl sites for hydroxylation is 2. The van der Waals surface area contributed by atoms with Crippen LogP contribution in [0, 0.1) is 0 Å². The van der Waals surface area contributed by atoms with Crippen LogP contribution in [0.3, 0.4) is 0 Å². The van der Waals surface area contributed by atoms with Crippen molar-refractivity contribution in [2.24, 2.45) is 5.73 Å². The Hall–Kier alpha value is -1.09. The van der Waals surface area contributed by atoms with Crippen LogP contribution in [0.15, 0.2) is 6.07 Å². The maximum atomic E-state index is 5.73. The zero-order valence-corrected chi connectivity index (χ0v) is 9.96. The molecule has 2 rings (SSSR count). The molecular formula is C13H20N2O. The second-order valence-electron chi connectivity index (χ2n) is 4.32. The standard InChI is InChI=1S/C13H20N2O/c1-2-3-7-16-13-11(9-14)8-10-5-4-6-12(10)15-13/h8H,2-7,9,14H2,1H3. The van der Waals surface area contributed by atoms with Gasteiger partial charge in [-0.25, -0.2) is 4.98 Å². The third kappa shape index (κ3) is 2.35. The van der Waals surface area contributed by atoms with Crippen molar-refractivity contribution in [3.63, 3.8) is 0 Å². The Balaban J connectivity index is 2.15. The van der Waals surface area contributed by atoms with Crippen molar-refractivity contribution in [1.82, 2.24) is 4.98 Å². The summed E-state index contributed by atoms with van der Waals surface area (Å²) in [4.78, 5) is 4.59. The van der Waals surface area contributed by atoms with E-state index in [4.69, 9.17) is 10.5 Å². The number of hydrogen-bond donors (Lipinski definition) is 1. The number of fused-ring (bicyclic) bond motifs is 1. The van der Waals surface area contributed by atoms with E-state index in [1.54, 1.807) is 0 Å². The van der Waals surface area contributed by atoms with Gasteiger partial charge in [-0.15, -0.1) is 0 Å². The molecule has 0 bridgehead atoms. The van der Waals surface area contributed by atoms with E-state index in [2.05, 4.69) is 18.0 Å². The first-order chi connectivity index (χ1) is 7.85. The topological polar surface area (TPSA) is 48.1 Å². The van der Waals surface area contributed by atoms with E-state index in [0.717, 1.165) is 43.7 Å². The van der Waals surface area contributed by atoms with Gasteiger partial charge in [0.15, 0.2) is 0 Å². The van der Waals surface area contributed by atoms with E-state index in [0.29, 0.717) is 6.54 Å². The molecule has 1 aromatic rings. The van der Waals surface area contributed by atoms with Crippen LogP contribution >= 0.6 is 0 Å². The van der Waals surface area contributed by atoms with Crippen molar-refractivity contribution in [2.75, 3.05) is 6.61 Å². The quantitative estimate of drug-likeness (QED) is 0.774. The number of ether oxygens (including phenoxy) is 1. The number of rotatable bonds is 5. The van der Waals surface area contributed by atoms with Gasteiger partial charge in [-0.1, -0.05) is 13.3 Å². The van der Waals surface area contributed by atoms with Gasteiger partial charge in [0.2, 0.25) is 5.88 Å². The van der Waals surface area contributed by atoms with Crippen molar-refractivity contribution in [2.45, 2.75) is 45.6 Å². The Morgan fingerprint density at radius 1 is 1.44 bits per heavy atom. The zero-order valence-electron chi connectivity index (χ0n) is 9.96. The van der Waals surface area contributed by atoms with Crippen LogP contribution in [0.25, 0.3) is 0 Å². The fourth-order valence-corrected chi connectivity index (χ4v) is 2.09. The molecule has 0 spiro atoms. The highest BCUT2D eigenvalue weighted by atomic mass is 16.5. The number of aromatic nitrogens is 1. The fraction of sp³-hybridized carbons (Fsp3) is 0.615. The molecule has 1 aromatic heterocycles. The maximum absolute atomic E-state index is 5.73. The lowest BCUT2D eigenvalue weighted by atomic mass is 10.1. The molecule has 0 fully saturated rings. The Labute approximate surface area is 97.0 Å². The molecule has 0 saturated heterocycles. The van der Waals surface area contributed by atoms with Crippen LogP contribution in [-0.4, -0.2) is 11.6 Å². The van der Waals surface area contributed by atoms with Crippen molar-refractivity contribution in [3.8, 4) is 5.88 Å². The molecule has 0 aliphatic heterocycles. The largest absolute Gasteiger partial charge is 0.477 e. The molecule has 0 unspecified atom stereocenters. The summed E-state index contributed by atoms with van der Waals surface area (Å²) < 4.78 is 5.70. The van der Waals surface area contributed by atoms with Crippen LogP contribution in [-0.2, 0) is 19.4 Å². The second kappa shape index (κ2) is 5.30. The van der Waals surface area contributed by atoms with Crippen LogP contribution in [0.2, 0.25) is 0 Å². The number of hydrogen-bond acceptors (Lipinski definition) is 3. The summed E-state index contributed by atoms with van der Waals surface area (Å²) in [7, 11) is 0. The van der Waals surface area contributed by atoms with E-state index in [9.17, 15) is 0 Å². The monoisotopic (exact) mass is 220 g/mol. The highest BCUT2D eigenvalue weighted by molar-refractivity contribution is 5.36. The molecule has 1 aliphatic carbocycles. The van der Waals surface area contributed by atoms with Gasteiger partial charge in [0.05, 0.1) is 6.61 Å². The van der Waals surface area contributed by atoms with Gasteiger partial charge in [0.1, 0.15) is 0 Å². The SMILES string of the molecule is CCCCOc1nc2c(cc1CN)CCC2. The summed E-state index contributed by atoms with van der Waals surface area (Å²) in [6, 6.07) is 2.18. The van der Waals surface area contributed by atoms with E-state index < -0.39 is 0 Å². The average Bonchev–Trinajstić information content (AvgIpc) is 2.75. The Kier molecular flexibility index (Phi) is 3.78. The minimum absolute atomic E-state index is 0.516. The van der Waals surface area contributed by atoms with Crippen LogP contribution in [0.4, 0.5) is 0 Å². The summed E-state index contributed by atoms with van der Waals surface area (Å²) in [6.07, 6.45) is 5.66. The smallest absolute Gasteiger partial charge is 0.218 e. The average molecular weight is 220 g/mol. The molecule has 88 valence electrons. The second-order valence-corrected chi connectivity index (χ2v) is 4.32. The van der Waals surface area contributed by atoms with Crippen LogP contribution in [0.1, 0.15) is 43.0 Å². The molecule has 0 radical (unpaired) electrons. The van der Waals surface area contributed by atoms with Gasteiger partial charge >= 0.3 is 0 Å². The lowest BCUT2D eigenvalue weighted by Crippen LogP contribution is -2.07. The minimum atomic E-state index is 0.516.